The second-order valence-corrected chi connectivity index (χ2v) is 17.3. The van der Waals surface area contributed by atoms with Crippen LogP contribution in [0.5, 0.6) is 0 Å². The van der Waals surface area contributed by atoms with Crippen LogP contribution in [0.15, 0.2) is 91.1 Å². The van der Waals surface area contributed by atoms with Gasteiger partial charge in [-0.05, 0) is 154 Å². The number of hydrogen-bond acceptors (Lipinski definition) is 9. The number of aryl methyl sites for hydroxylation is 2. The molecule has 9 heteroatoms. The van der Waals surface area contributed by atoms with E-state index in [2.05, 4.69) is 68.6 Å². The third kappa shape index (κ3) is 13.4. The number of esters is 1. The number of hydrogen-bond donors (Lipinski definition) is 0. The van der Waals surface area contributed by atoms with Crippen molar-refractivity contribution in [3.63, 3.8) is 0 Å². The molecule has 1 aromatic heterocycles. The van der Waals surface area contributed by atoms with Gasteiger partial charge in [-0.25, -0.2) is 14.8 Å². The van der Waals surface area contributed by atoms with E-state index < -0.39 is 0 Å². The molecule has 2 saturated carbocycles. The van der Waals surface area contributed by atoms with E-state index in [1.165, 1.54) is 66.0 Å². The van der Waals surface area contributed by atoms with Crippen LogP contribution in [-0.2, 0) is 30.2 Å². The summed E-state index contributed by atoms with van der Waals surface area (Å²) < 4.78 is 23.7. The molecule has 0 aliphatic heterocycles. The molecular weight excluding hydrogens is 755 g/mol. The first kappa shape index (κ1) is 44.4. The van der Waals surface area contributed by atoms with Crippen LogP contribution in [0.3, 0.4) is 0 Å². The van der Waals surface area contributed by atoms with Crippen LogP contribution in [0.1, 0.15) is 112 Å². The van der Waals surface area contributed by atoms with E-state index in [9.17, 15) is 4.79 Å². The number of aromatic nitrogens is 1. The minimum absolute atomic E-state index is 0.278. The zero-order valence-corrected chi connectivity index (χ0v) is 36.3. The molecule has 0 amide bonds. The van der Waals surface area contributed by atoms with E-state index in [1.807, 2.05) is 29.4 Å². The average molecular weight is 820 g/mol. The van der Waals surface area contributed by atoms with Gasteiger partial charge in [-0.15, -0.1) is 6.58 Å². The maximum absolute atomic E-state index is 11.2. The highest BCUT2D eigenvalue weighted by atomic mass is 32.1. The molecule has 3 aromatic carbocycles. The molecule has 2 aliphatic rings. The molecule has 1 heterocycles. The van der Waals surface area contributed by atoms with Gasteiger partial charge < -0.3 is 18.9 Å². The summed E-state index contributed by atoms with van der Waals surface area (Å²) in [5.41, 5.74) is 8.59. The Bertz CT molecular complexity index is 1930. The van der Waals surface area contributed by atoms with Crippen molar-refractivity contribution < 1.29 is 23.7 Å². The average Bonchev–Trinajstić information content (AvgIpc) is 3.71. The highest BCUT2D eigenvalue weighted by Gasteiger charge is 2.24. The van der Waals surface area contributed by atoms with Crippen molar-refractivity contribution in [3.8, 4) is 11.1 Å². The number of anilines is 1. The van der Waals surface area contributed by atoms with Crippen molar-refractivity contribution in [2.24, 2.45) is 16.9 Å². The van der Waals surface area contributed by atoms with Gasteiger partial charge in [-0.3, -0.25) is 0 Å². The predicted molar refractivity (Wildman–Crippen MR) is 244 cm³/mol. The van der Waals surface area contributed by atoms with Gasteiger partial charge in [0.25, 0.3) is 0 Å². The fraction of sp³-hybridized carbons (Fsp3) is 0.500. The normalized spacial score (nSPS) is 19.6. The van der Waals surface area contributed by atoms with Crippen LogP contribution in [0.25, 0.3) is 21.3 Å². The van der Waals surface area contributed by atoms with E-state index in [1.54, 1.807) is 18.4 Å². The second kappa shape index (κ2) is 23.6. The Kier molecular flexibility index (Phi) is 17.8. The van der Waals surface area contributed by atoms with Crippen molar-refractivity contribution in [2.45, 2.75) is 109 Å². The number of thiazole rings is 1. The van der Waals surface area contributed by atoms with Gasteiger partial charge in [-0.2, -0.15) is 5.10 Å². The molecule has 0 unspecified atom stereocenters. The maximum atomic E-state index is 11.2. The Hall–Kier alpha value is -4.15. The number of allylic oxidation sites excluding steroid dienone is 1. The number of ether oxygens (including phenoxy) is 4. The van der Waals surface area contributed by atoms with E-state index in [0.717, 1.165) is 91.2 Å². The first-order valence-corrected chi connectivity index (χ1v) is 22.8. The summed E-state index contributed by atoms with van der Waals surface area (Å²) in [6.07, 6.45) is 21.7. The van der Waals surface area contributed by atoms with E-state index >= 15 is 0 Å². The SMILES string of the molecule is C=CC(=O)OCCCCCCOC1CCC(c2ccc(-c3ccc(CCC4CCC(C=C)CC4)cc3/C=N/N(COCCOC)c3nc4ccccc4s3)cc2C)CC1. The van der Waals surface area contributed by atoms with Gasteiger partial charge in [0.1, 0.15) is 6.73 Å². The molecule has 0 bridgehead atoms. The summed E-state index contributed by atoms with van der Waals surface area (Å²) in [5, 5.41) is 7.74. The van der Waals surface area contributed by atoms with Crippen LogP contribution in [0, 0.1) is 18.8 Å². The first-order valence-electron chi connectivity index (χ1n) is 21.9. The fourth-order valence-corrected chi connectivity index (χ4v) is 9.55. The van der Waals surface area contributed by atoms with E-state index in [0.29, 0.717) is 37.8 Å². The molecular formula is C50H65N3O5S. The summed E-state index contributed by atoms with van der Waals surface area (Å²) in [6.45, 7) is 12.3. The van der Waals surface area contributed by atoms with Gasteiger partial charge in [0.2, 0.25) is 5.13 Å². The lowest BCUT2D eigenvalue weighted by Crippen LogP contribution is -2.22. The molecule has 0 radical (unpaired) electrons. The first-order chi connectivity index (χ1) is 28.9. The third-order valence-electron chi connectivity index (χ3n) is 12.2. The number of unbranched alkanes of at least 4 members (excludes halogenated alkanes) is 3. The Labute approximate surface area is 356 Å². The van der Waals surface area contributed by atoms with Gasteiger partial charge >= 0.3 is 5.97 Å². The molecule has 4 aromatic rings. The fourth-order valence-electron chi connectivity index (χ4n) is 8.64. The standard InChI is InChI=1S/C50H65N3O5S/c1-5-38-15-17-39(18-16-38)19-20-40-21-27-46(43(34-40)35-51-53(36-56-32-31-55-4)50-52-47-13-9-10-14-48(47)59-50)42-24-28-45(37(3)33-42)41-22-25-44(26-23-41)57-29-11-7-8-12-30-58-49(54)6-2/h5-6,9-10,13-14,21,24,27-28,33-35,38-39,41,44H,1-2,7-8,11-12,15-20,22-23,25-26,29-32,36H2,3-4H3/b51-35+. The van der Waals surface area contributed by atoms with Crippen LogP contribution < -0.4 is 5.01 Å². The van der Waals surface area contributed by atoms with Crippen molar-refractivity contribution in [1.29, 1.82) is 0 Å². The van der Waals surface area contributed by atoms with Crippen LogP contribution in [0.2, 0.25) is 0 Å². The zero-order chi connectivity index (χ0) is 41.2. The van der Waals surface area contributed by atoms with Gasteiger partial charge in [0.15, 0.2) is 0 Å². The Morgan fingerprint density at radius 2 is 1.69 bits per heavy atom. The predicted octanol–water partition coefficient (Wildman–Crippen LogP) is 12.0. The zero-order valence-electron chi connectivity index (χ0n) is 35.5. The molecule has 6 rings (SSSR count). The summed E-state index contributed by atoms with van der Waals surface area (Å²) in [7, 11) is 1.69. The summed E-state index contributed by atoms with van der Waals surface area (Å²) >= 11 is 1.62. The number of nitrogens with zero attached hydrogens (tertiary/aromatic N) is 3. The third-order valence-corrected chi connectivity index (χ3v) is 13.2. The molecule has 316 valence electrons. The molecule has 0 N–H and O–H groups in total. The summed E-state index contributed by atoms with van der Waals surface area (Å²) in [4.78, 5) is 16.1. The van der Waals surface area contributed by atoms with Crippen LogP contribution in [-0.4, -0.2) is 63.5 Å². The molecule has 2 fully saturated rings. The molecule has 0 saturated heterocycles. The van der Waals surface area contributed by atoms with Gasteiger partial charge in [0.05, 0.1) is 42.4 Å². The van der Waals surface area contributed by atoms with Gasteiger partial charge in [0, 0.05) is 25.4 Å². The number of carbonyl (C=O) groups excluding carboxylic acids is 1. The van der Waals surface area contributed by atoms with Crippen molar-refractivity contribution in [3.05, 3.63) is 108 Å². The van der Waals surface area contributed by atoms with Crippen LogP contribution in [0.4, 0.5) is 5.13 Å². The lowest BCUT2D eigenvalue weighted by atomic mass is 9.79. The number of methoxy groups -OCH3 is 1. The van der Waals surface area contributed by atoms with E-state index in [4.69, 9.17) is 29.0 Å². The smallest absolute Gasteiger partial charge is 0.330 e. The van der Waals surface area contributed by atoms with Crippen molar-refractivity contribution >= 4 is 38.9 Å². The highest BCUT2D eigenvalue weighted by molar-refractivity contribution is 7.22. The summed E-state index contributed by atoms with van der Waals surface area (Å²) in [5.74, 6) is 1.66. The maximum Gasteiger partial charge on any atom is 0.330 e. The quantitative estimate of drug-likeness (QED) is 0.0140. The highest BCUT2D eigenvalue weighted by Crippen LogP contribution is 2.38. The largest absolute Gasteiger partial charge is 0.463 e. The van der Waals surface area contributed by atoms with Crippen molar-refractivity contribution in [1.82, 2.24) is 4.98 Å². The Morgan fingerprint density at radius 3 is 2.44 bits per heavy atom. The van der Waals surface area contributed by atoms with Gasteiger partial charge in [-0.1, -0.05) is 72.9 Å². The van der Waals surface area contributed by atoms with Crippen molar-refractivity contribution in [2.75, 3.05) is 45.3 Å². The minimum atomic E-state index is -0.344. The number of rotatable bonds is 23. The molecule has 2 aliphatic carbocycles. The molecule has 0 atom stereocenters. The molecule has 59 heavy (non-hydrogen) atoms. The minimum Gasteiger partial charge on any atom is -0.463 e. The number of carbonyl (C=O) groups is 1. The topological polar surface area (TPSA) is 82.5 Å². The second-order valence-electron chi connectivity index (χ2n) is 16.3. The van der Waals surface area contributed by atoms with Crippen LogP contribution >= 0.6 is 11.3 Å². The Balaban J connectivity index is 1.13. The molecule has 0 spiro atoms. The Morgan fingerprint density at radius 1 is 0.898 bits per heavy atom. The number of benzene rings is 3. The molecule has 8 nitrogen and oxygen atoms in total. The number of para-hydroxylation sites is 1. The van der Waals surface area contributed by atoms with E-state index in [-0.39, 0.29) is 12.7 Å². The monoisotopic (exact) mass is 819 g/mol. The lowest BCUT2D eigenvalue weighted by Gasteiger charge is -2.30. The lowest BCUT2D eigenvalue weighted by molar-refractivity contribution is -0.137. The number of hydrazone groups is 1. The summed E-state index contributed by atoms with van der Waals surface area (Å²) in [6, 6.07) is 22.2. The number of fused-ring (bicyclic) bond motifs is 1.